The second-order valence-corrected chi connectivity index (χ2v) is 7.58. The predicted molar refractivity (Wildman–Crippen MR) is 95.2 cm³/mol. The quantitative estimate of drug-likeness (QED) is 0.783. The molecule has 1 aliphatic carbocycles. The van der Waals surface area contributed by atoms with Crippen LogP contribution in [0.15, 0.2) is 24.5 Å². The van der Waals surface area contributed by atoms with E-state index in [9.17, 15) is 18.0 Å². The minimum Gasteiger partial charge on any atom is -0.351 e. The Morgan fingerprint density at radius 1 is 1.29 bits per heavy atom. The number of carbonyl (C=O) groups excluding carboxylic acids is 1. The monoisotopic (exact) mass is 411 g/mol. The number of rotatable bonds is 4. The van der Waals surface area contributed by atoms with Crippen molar-refractivity contribution >= 4 is 17.5 Å². The van der Waals surface area contributed by atoms with Gasteiger partial charge in [0.1, 0.15) is 5.15 Å². The first-order chi connectivity index (χ1) is 13.2. The molecule has 2 aliphatic heterocycles. The lowest BCUT2D eigenvalue weighted by Crippen LogP contribution is -2.41. The summed E-state index contributed by atoms with van der Waals surface area (Å²) < 4.78 is 37.8. The molecule has 0 unspecified atom stereocenters. The van der Waals surface area contributed by atoms with Crippen molar-refractivity contribution in [1.29, 1.82) is 0 Å². The molecule has 6 nitrogen and oxygen atoms in total. The van der Waals surface area contributed by atoms with Crippen LogP contribution in [-0.4, -0.2) is 44.9 Å². The lowest BCUT2D eigenvalue weighted by molar-refractivity contribution is -0.145. The number of nitrogens with one attached hydrogen (secondary N) is 1. The molecule has 0 aromatic carbocycles. The summed E-state index contributed by atoms with van der Waals surface area (Å²) in [4.78, 5) is 25.4. The number of pyridine rings is 1. The highest BCUT2D eigenvalue weighted by molar-refractivity contribution is 6.29. The summed E-state index contributed by atoms with van der Waals surface area (Å²) in [7, 11) is 1.97. The zero-order valence-electron chi connectivity index (χ0n) is 14.9. The molecule has 5 rings (SSSR count). The van der Waals surface area contributed by atoms with E-state index in [0.29, 0.717) is 28.8 Å². The Kier molecular flexibility index (Phi) is 4.75. The van der Waals surface area contributed by atoms with Crippen LogP contribution < -0.4 is 5.32 Å². The topological polar surface area (TPSA) is 71.0 Å². The largest absolute Gasteiger partial charge is 0.451 e. The fourth-order valence-corrected chi connectivity index (χ4v) is 4.11. The maximum absolute atomic E-state index is 12.6. The summed E-state index contributed by atoms with van der Waals surface area (Å²) in [5.74, 6) is -0.833. The van der Waals surface area contributed by atoms with E-state index in [0.717, 1.165) is 25.2 Å². The van der Waals surface area contributed by atoms with Crippen molar-refractivity contribution in [1.82, 2.24) is 25.2 Å². The van der Waals surface area contributed by atoms with Gasteiger partial charge >= 0.3 is 6.18 Å². The third-order valence-electron chi connectivity index (χ3n) is 5.40. The minimum absolute atomic E-state index is 0.0279. The SMILES string of the molecule is CN1C2CC(C2)[C@H]1C(=O)NCc1cc(Cl)nc(-c2cnc(C(F)(F)F)nc2)c1. The normalized spacial score (nSPS) is 24.1. The molecule has 0 spiro atoms. The van der Waals surface area contributed by atoms with Crippen LogP contribution in [0.25, 0.3) is 11.3 Å². The third kappa shape index (κ3) is 3.56. The average Bonchev–Trinajstić information content (AvgIpc) is 3.10. The minimum atomic E-state index is -4.61. The number of amides is 1. The van der Waals surface area contributed by atoms with Gasteiger partial charge in [0.25, 0.3) is 0 Å². The van der Waals surface area contributed by atoms with E-state index in [4.69, 9.17) is 11.6 Å². The van der Waals surface area contributed by atoms with E-state index in [1.54, 1.807) is 12.1 Å². The van der Waals surface area contributed by atoms with Gasteiger partial charge in [-0.1, -0.05) is 11.6 Å². The van der Waals surface area contributed by atoms with Crippen LogP contribution in [0.5, 0.6) is 0 Å². The van der Waals surface area contributed by atoms with Gasteiger partial charge in [0.2, 0.25) is 11.7 Å². The van der Waals surface area contributed by atoms with Gasteiger partial charge in [-0.15, -0.1) is 0 Å². The number of nitrogens with zero attached hydrogens (tertiary/aromatic N) is 4. The Morgan fingerprint density at radius 2 is 1.96 bits per heavy atom. The smallest absolute Gasteiger partial charge is 0.351 e. The van der Waals surface area contributed by atoms with Crippen LogP contribution in [-0.2, 0) is 17.5 Å². The first-order valence-electron chi connectivity index (χ1n) is 8.78. The van der Waals surface area contributed by atoms with Gasteiger partial charge in [-0.05, 0) is 43.5 Å². The van der Waals surface area contributed by atoms with E-state index in [2.05, 4.69) is 25.2 Å². The maximum atomic E-state index is 12.6. The second-order valence-electron chi connectivity index (χ2n) is 7.19. The Hall–Kier alpha value is -2.26. The van der Waals surface area contributed by atoms with Crippen molar-refractivity contribution in [3.8, 4) is 11.3 Å². The first kappa shape index (κ1) is 19.1. The number of hydrogen-bond donors (Lipinski definition) is 1. The van der Waals surface area contributed by atoms with Crippen LogP contribution in [0.1, 0.15) is 24.2 Å². The van der Waals surface area contributed by atoms with Gasteiger partial charge in [0.15, 0.2) is 0 Å². The van der Waals surface area contributed by atoms with Gasteiger partial charge in [0, 0.05) is 30.5 Å². The van der Waals surface area contributed by atoms with E-state index in [-0.39, 0.29) is 23.6 Å². The molecule has 2 aromatic rings. The van der Waals surface area contributed by atoms with Gasteiger partial charge in [0.05, 0.1) is 11.7 Å². The Bertz CT molecular complexity index is 899. The number of alkyl halides is 3. The lowest BCUT2D eigenvalue weighted by atomic mass is 9.83. The van der Waals surface area contributed by atoms with Gasteiger partial charge < -0.3 is 5.32 Å². The van der Waals surface area contributed by atoms with E-state index in [1.807, 2.05) is 7.05 Å². The zero-order valence-corrected chi connectivity index (χ0v) is 15.6. The molecule has 0 radical (unpaired) electrons. The average molecular weight is 412 g/mol. The van der Waals surface area contributed by atoms with Crippen LogP contribution in [0, 0.1) is 5.92 Å². The Morgan fingerprint density at radius 3 is 2.54 bits per heavy atom. The van der Waals surface area contributed by atoms with Crippen molar-refractivity contribution in [2.75, 3.05) is 7.05 Å². The fraction of sp³-hybridized carbons (Fsp3) is 0.444. The molecule has 3 fully saturated rings. The van der Waals surface area contributed by atoms with E-state index >= 15 is 0 Å². The van der Waals surface area contributed by atoms with Crippen LogP contribution in [0.2, 0.25) is 5.15 Å². The number of halogens is 4. The lowest BCUT2D eigenvalue weighted by Gasteiger charge is -2.22. The molecular formula is C18H17ClF3N5O. The Labute approximate surface area is 164 Å². The molecule has 1 N–H and O–H groups in total. The highest BCUT2D eigenvalue weighted by atomic mass is 35.5. The number of likely N-dealkylation sites (N-methyl/N-ethyl adjacent to an activating group) is 1. The van der Waals surface area contributed by atoms with Gasteiger partial charge in [-0.2, -0.15) is 13.2 Å². The molecule has 1 saturated carbocycles. The zero-order chi connectivity index (χ0) is 20.1. The standard InChI is InChI=1S/C18H17ClF3N5O/c1-27-12-4-10(5-12)15(27)16(28)23-6-9-2-13(26-14(19)3-9)11-7-24-17(25-8-11)18(20,21)22/h2-3,7-8,10,12,15H,4-6H2,1H3,(H,23,28)/t10?,12?,15-/m0/s1. The maximum Gasteiger partial charge on any atom is 0.451 e. The summed E-state index contributed by atoms with van der Waals surface area (Å²) in [6.45, 7) is 0.247. The molecule has 2 aromatic heterocycles. The second kappa shape index (κ2) is 6.97. The molecule has 2 bridgehead atoms. The van der Waals surface area contributed by atoms with Crippen LogP contribution in [0.4, 0.5) is 13.2 Å². The molecule has 1 atom stereocenters. The molecular weight excluding hydrogens is 395 g/mol. The molecule has 10 heteroatoms. The highest BCUT2D eigenvalue weighted by Crippen LogP contribution is 2.44. The summed E-state index contributed by atoms with van der Waals surface area (Å²) in [6, 6.07) is 3.65. The third-order valence-corrected chi connectivity index (χ3v) is 5.59. The van der Waals surface area contributed by atoms with Crippen molar-refractivity contribution in [2.24, 2.45) is 5.92 Å². The summed E-state index contributed by atoms with van der Waals surface area (Å²) in [5.41, 5.74) is 1.33. The van der Waals surface area contributed by atoms with Crippen molar-refractivity contribution in [3.63, 3.8) is 0 Å². The molecule has 2 saturated heterocycles. The van der Waals surface area contributed by atoms with E-state index < -0.39 is 12.0 Å². The molecule has 4 heterocycles. The van der Waals surface area contributed by atoms with Crippen LogP contribution in [0.3, 0.4) is 0 Å². The van der Waals surface area contributed by atoms with Crippen molar-refractivity contribution < 1.29 is 18.0 Å². The summed E-state index contributed by atoms with van der Waals surface area (Å²) >= 11 is 6.05. The van der Waals surface area contributed by atoms with Crippen molar-refractivity contribution in [2.45, 2.75) is 37.6 Å². The summed E-state index contributed by atoms with van der Waals surface area (Å²) in [6.07, 6.45) is -0.375. The number of fused-ring (bicyclic) bond motifs is 1. The molecule has 3 aliphatic rings. The van der Waals surface area contributed by atoms with E-state index in [1.165, 1.54) is 0 Å². The first-order valence-corrected chi connectivity index (χ1v) is 9.16. The van der Waals surface area contributed by atoms with Crippen LogP contribution >= 0.6 is 11.6 Å². The number of aromatic nitrogens is 3. The van der Waals surface area contributed by atoms with Crippen molar-refractivity contribution in [3.05, 3.63) is 41.1 Å². The molecule has 1 amide bonds. The number of hydrogen-bond acceptors (Lipinski definition) is 5. The number of carbonyl (C=O) groups is 1. The Balaban J connectivity index is 1.47. The highest BCUT2D eigenvalue weighted by Gasteiger charge is 2.51. The molecule has 148 valence electrons. The van der Waals surface area contributed by atoms with Gasteiger partial charge in [-0.25, -0.2) is 15.0 Å². The predicted octanol–water partition coefficient (Wildman–Crippen LogP) is 2.92. The molecule has 28 heavy (non-hydrogen) atoms. The summed E-state index contributed by atoms with van der Waals surface area (Å²) in [5, 5.41) is 3.08. The fourth-order valence-electron chi connectivity index (χ4n) is 3.88. The van der Waals surface area contributed by atoms with Gasteiger partial charge in [-0.3, -0.25) is 9.69 Å².